The molecule has 0 radical (unpaired) electrons. The van der Waals surface area contributed by atoms with Crippen LogP contribution in [0.25, 0.3) is 0 Å². The summed E-state index contributed by atoms with van der Waals surface area (Å²) in [6.07, 6.45) is 6.10. The first kappa shape index (κ1) is 14.8. The van der Waals surface area contributed by atoms with Gasteiger partial charge in [-0.15, -0.1) is 0 Å². The van der Waals surface area contributed by atoms with Crippen LogP contribution in [0.4, 0.5) is 4.39 Å². The summed E-state index contributed by atoms with van der Waals surface area (Å²) in [5, 5.41) is 3.62. The van der Waals surface area contributed by atoms with E-state index in [1.54, 1.807) is 12.1 Å². The van der Waals surface area contributed by atoms with E-state index in [9.17, 15) is 4.39 Å². The summed E-state index contributed by atoms with van der Waals surface area (Å²) in [7, 11) is 2.01. The van der Waals surface area contributed by atoms with Gasteiger partial charge >= 0.3 is 0 Å². The van der Waals surface area contributed by atoms with Crippen molar-refractivity contribution in [2.75, 3.05) is 7.05 Å². The predicted octanol–water partition coefficient (Wildman–Crippen LogP) is 4.44. The van der Waals surface area contributed by atoms with Crippen LogP contribution >= 0.6 is 11.6 Å². The number of benzene rings is 1. The number of nitrogens with one attached hydrogen (secondary N) is 1. The van der Waals surface area contributed by atoms with E-state index in [1.165, 1.54) is 25.7 Å². The molecule has 3 atom stereocenters. The van der Waals surface area contributed by atoms with Crippen LogP contribution in [0, 0.1) is 17.7 Å². The van der Waals surface area contributed by atoms with Crippen molar-refractivity contribution in [2.45, 2.75) is 45.1 Å². The second kappa shape index (κ2) is 6.71. The lowest BCUT2D eigenvalue weighted by molar-refractivity contribution is 0.361. The Balaban J connectivity index is 2.00. The van der Waals surface area contributed by atoms with E-state index < -0.39 is 0 Å². The van der Waals surface area contributed by atoms with Gasteiger partial charge in [-0.25, -0.2) is 4.39 Å². The first-order valence-electron chi connectivity index (χ1n) is 7.25. The minimum absolute atomic E-state index is 0.205. The smallest absolute Gasteiger partial charge is 0.142 e. The van der Waals surface area contributed by atoms with Gasteiger partial charge in [0.25, 0.3) is 0 Å². The van der Waals surface area contributed by atoms with Gasteiger partial charge in [0.1, 0.15) is 5.82 Å². The molecule has 0 spiro atoms. The van der Waals surface area contributed by atoms with E-state index in [-0.39, 0.29) is 10.8 Å². The molecule has 1 aliphatic carbocycles. The highest BCUT2D eigenvalue weighted by atomic mass is 35.5. The Hall–Kier alpha value is -0.600. The number of halogens is 2. The molecule has 0 bridgehead atoms. The maximum absolute atomic E-state index is 13.5. The highest BCUT2D eigenvalue weighted by Crippen LogP contribution is 2.35. The Morgan fingerprint density at radius 1 is 1.42 bits per heavy atom. The largest absolute Gasteiger partial charge is 0.316 e. The molecular weight excluding hydrogens is 261 g/mol. The van der Waals surface area contributed by atoms with Crippen molar-refractivity contribution in [3.63, 3.8) is 0 Å². The quantitative estimate of drug-likeness (QED) is 0.843. The van der Waals surface area contributed by atoms with Crippen molar-refractivity contribution in [3.8, 4) is 0 Å². The number of rotatable bonds is 5. The fraction of sp³-hybridized carbons (Fsp3) is 0.625. The average molecular weight is 284 g/mol. The molecule has 0 amide bonds. The molecule has 2 rings (SSSR count). The Bertz CT molecular complexity index is 421. The fourth-order valence-corrected chi connectivity index (χ4v) is 3.39. The van der Waals surface area contributed by atoms with Gasteiger partial charge in [-0.1, -0.05) is 37.4 Å². The van der Waals surface area contributed by atoms with Crippen LogP contribution in [-0.2, 0) is 6.42 Å². The summed E-state index contributed by atoms with van der Waals surface area (Å²) in [5.74, 6) is 1.28. The van der Waals surface area contributed by atoms with Gasteiger partial charge in [0, 0.05) is 6.04 Å². The Labute approximate surface area is 120 Å². The molecule has 0 aromatic heterocycles. The van der Waals surface area contributed by atoms with Crippen LogP contribution in [0.2, 0.25) is 5.02 Å². The van der Waals surface area contributed by atoms with Crippen molar-refractivity contribution >= 4 is 11.6 Å². The third kappa shape index (κ3) is 3.70. The normalized spacial score (nSPS) is 24.6. The molecule has 0 heterocycles. The molecule has 3 heteroatoms. The summed E-state index contributed by atoms with van der Waals surface area (Å²) >= 11 is 5.73. The summed E-state index contributed by atoms with van der Waals surface area (Å²) in [4.78, 5) is 0. The van der Waals surface area contributed by atoms with Crippen LogP contribution in [0.15, 0.2) is 18.2 Å². The second-order valence-corrected chi connectivity index (χ2v) is 6.10. The first-order valence-corrected chi connectivity index (χ1v) is 7.63. The van der Waals surface area contributed by atoms with Crippen LogP contribution < -0.4 is 5.32 Å². The second-order valence-electron chi connectivity index (χ2n) is 5.70. The van der Waals surface area contributed by atoms with Crippen LogP contribution in [0.5, 0.6) is 0 Å². The van der Waals surface area contributed by atoms with Crippen molar-refractivity contribution in [1.82, 2.24) is 5.32 Å². The molecule has 1 aliphatic rings. The van der Waals surface area contributed by atoms with Gasteiger partial charge in [0.2, 0.25) is 0 Å². The van der Waals surface area contributed by atoms with Crippen molar-refractivity contribution < 1.29 is 4.39 Å². The highest BCUT2D eigenvalue weighted by Gasteiger charge is 2.29. The molecule has 3 unspecified atom stereocenters. The summed E-state index contributed by atoms with van der Waals surface area (Å²) in [6.45, 7) is 2.27. The first-order chi connectivity index (χ1) is 9.13. The van der Waals surface area contributed by atoms with E-state index in [0.717, 1.165) is 17.9 Å². The maximum Gasteiger partial charge on any atom is 0.142 e. The Kier molecular flexibility index (Phi) is 5.23. The van der Waals surface area contributed by atoms with Gasteiger partial charge in [-0.3, -0.25) is 0 Å². The number of likely N-dealkylation sites (N-methyl/N-ethyl adjacent to an activating group) is 1. The highest BCUT2D eigenvalue weighted by molar-refractivity contribution is 6.30. The van der Waals surface area contributed by atoms with Gasteiger partial charge in [-0.2, -0.15) is 0 Å². The standard InChI is InChI=1S/C16H23ClFN/c1-3-11-4-6-13(8-11)16(19-2)10-12-5-7-14(17)15(18)9-12/h5,7,9,11,13,16,19H,3-4,6,8,10H2,1-2H3. The van der Waals surface area contributed by atoms with E-state index in [0.29, 0.717) is 12.0 Å². The zero-order valence-corrected chi connectivity index (χ0v) is 12.5. The molecule has 19 heavy (non-hydrogen) atoms. The van der Waals surface area contributed by atoms with Crippen LogP contribution in [-0.4, -0.2) is 13.1 Å². The Morgan fingerprint density at radius 3 is 2.79 bits per heavy atom. The van der Waals surface area contributed by atoms with Crippen molar-refractivity contribution in [3.05, 3.63) is 34.6 Å². The predicted molar refractivity (Wildman–Crippen MR) is 79.1 cm³/mol. The summed E-state index contributed by atoms with van der Waals surface area (Å²) in [6, 6.07) is 5.60. The lowest BCUT2D eigenvalue weighted by atomic mass is 9.91. The molecule has 1 N–H and O–H groups in total. The fourth-order valence-electron chi connectivity index (χ4n) is 3.27. The lowest BCUT2D eigenvalue weighted by Crippen LogP contribution is -2.34. The molecule has 1 saturated carbocycles. The Morgan fingerprint density at radius 2 is 2.21 bits per heavy atom. The monoisotopic (exact) mass is 283 g/mol. The number of hydrogen-bond acceptors (Lipinski definition) is 1. The van der Waals surface area contributed by atoms with Gasteiger partial charge in [0.15, 0.2) is 0 Å². The molecule has 1 aromatic carbocycles. The maximum atomic E-state index is 13.5. The van der Waals surface area contributed by atoms with E-state index in [1.807, 2.05) is 13.1 Å². The van der Waals surface area contributed by atoms with Crippen molar-refractivity contribution in [2.24, 2.45) is 11.8 Å². The molecule has 1 aromatic rings. The SMILES string of the molecule is CCC1CCC(C(Cc2ccc(Cl)c(F)c2)NC)C1. The summed E-state index contributed by atoms with van der Waals surface area (Å²) < 4.78 is 13.5. The van der Waals surface area contributed by atoms with Gasteiger partial charge in [0.05, 0.1) is 5.02 Å². The van der Waals surface area contributed by atoms with Gasteiger partial charge < -0.3 is 5.32 Å². The lowest BCUT2D eigenvalue weighted by Gasteiger charge is -2.23. The van der Waals surface area contributed by atoms with E-state index >= 15 is 0 Å². The third-order valence-electron chi connectivity index (χ3n) is 4.54. The molecule has 0 aliphatic heterocycles. The van der Waals surface area contributed by atoms with Crippen molar-refractivity contribution in [1.29, 1.82) is 0 Å². The molecule has 0 saturated heterocycles. The zero-order chi connectivity index (χ0) is 13.8. The average Bonchev–Trinajstić information content (AvgIpc) is 2.88. The minimum Gasteiger partial charge on any atom is -0.316 e. The molecule has 106 valence electrons. The molecular formula is C16H23ClFN. The molecule has 1 fully saturated rings. The van der Waals surface area contributed by atoms with E-state index in [4.69, 9.17) is 11.6 Å². The third-order valence-corrected chi connectivity index (χ3v) is 4.85. The van der Waals surface area contributed by atoms with Crippen LogP contribution in [0.3, 0.4) is 0 Å². The van der Waals surface area contributed by atoms with E-state index in [2.05, 4.69) is 12.2 Å². The summed E-state index contributed by atoms with van der Waals surface area (Å²) in [5.41, 5.74) is 1.03. The topological polar surface area (TPSA) is 12.0 Å². The number of hydrogen-bond donors (Lipinski definition) is 1. The van der Waals surface area contributed by atoms with Gasteiger partial charge in [-0.05, 0) is 55.8 Å². The zero-order valence-electron chi connectivity index (χ0n) is 11.8. The van der Waals surface area contributed by atoms with Crippen LogP contribution in [0.1, 0.15) is 38.2 Å². The minimum atomic E-state index is -0.313. The molecule has 1 nitrogen and oxygen atoms in total.